The van der Waals surface area contributed by atoms with Crippen molar-refractivity contribution >= 4 is 0 Å². The average molecular weight is 478 g/mol. The van der Waals surface area contributed by atoms with Crippen LogP contribution in [0.25, 0.3) is 0 Å². The Morgan fingerprint density at radius 2 is 1.57 bits per heavy atom. The minimum absolute atomic E-state index is 0.107. The first-order valence-electron chi connectivity index (χ1n) is 12.4. The van der Waals surface area contributed by atoms with Crippen LogP contribution in [0.2, 0.25) is 0 Å². The summed E-state index contributed by atoms with van der Waals surface area (Å²) in [6.45, 7) is 4.21. The van der Waals surface area contributed by atoms with E-state index in [0.29, 0.717) is 31.5 Å². The molecule has 0 bridgehead atoms. The Morgan fingerprint density at radius 1 is 0.829 bits per heavy atom. The fourth-order valence-electron chi connectivity index (χ4n) is 3.97. The Labute approximate surface area is 208 Å². The average Bonchev–Trinajstić information content (AvgIpc) is 2.91. The van der Waals surface area contributed by atoms with Gasteiger partial charge in [-0.05, 0) is 61.1 Å². The molecule has 1 unspecified atom stereocenters. The van der Waals surface area contributed by atoms with E-state index in [0.717, 1.165) is 55.0 Å². The van der Waals surface area contributed by atoms with Gasteiger partial charge in [0.2, 0.25) is 5.88 Å². The number of aryl methyl sites for hydroxylation is 1. The van der Waals surface area contributed by atoms with Crippen LogP contribution in [0.1, 0.15) is 49.4 Å². The van der Waals surface area contributed by atoms with Crippen LogP contribution in [0.5, 0.6) is 23.1 Å². The first-order valence-corrected chi connectivity index (χ1v) is 12.4. The van der Waals surface area contributed by atoms with Crippen LogP contribution in [0, 0.1) is 0 Å². The van der Waals surface area contributed by atoms with E-state index >= 15 is 0 Å². The van der Waals surface area contributed by atoms with Crippen molar-refractivity contribution in [1.82, 2.24) is 4.98 Å². The van der Waals surface area contributed by atoms with E-state index in [-0.39, 0.29) is 6.10 Å². The lowest BCUT2D eigenvalue weighted by molar-refractivity contribution is -0.0120. The molecule has 2 aromatic carbocycles. The highest BCUT2D eigenvalue weighted by atomic mass is 16.5. The van der Waals surface area contributed by atoms with E-state index < -0.39 is 0 Å². The minimum atomic E-state index is 0.107. The van der Waals surface area contributed by atoms with Crippen molar-refractivity contribution in [2.24, 2.45) is 0 Å². The summed E-state index contributed by atoms with van der Waals surface area (Å²) in [6.07, 6.45) is 5.60. The molecule has 0 amide bonds. The van der Waals surface area contributed by atoms with Crippen LogP contribution in [-0.2, 0) is 24.4 Å². The highest BCUT2D eigenvalue weighted by Crippen LogP contribution is 2.24. The quantitative estimate of drug-likeness (QED) is 0.312. The molecule has 6 nitrogen and oxygen atoms in total. The van der Waals surface area contributed by atoms with Gasteiger partial charge in [-0.15, -0.1) is 0 Å². The summed E-state index contributed by atoms with van der Waals surface area (Å²) < 4.78 is 29.1. The molecule has 0 radical (unpaired) electrons. The zero-order valence-electron chi connectivity index (χ0n) is 20.7. The van der Waals surface area contributed by atoms with E-state index in [1.807, 2.05) is 48.5 Å². The van der Waals surface area contributed by atoms with Crippen molar-refractivity contribution in [3.63, 3.8) is 0 Å². The highest BCUT2D eigenvalue weighted by Gasteiger charge is 2.15. The number of nitrogens with zero attached hydrogens (tertiary/aromatic N) is 1. The SMILES string of the molecule is CCCc1ccc(OCc2cc(OCc3ccc(OC)cc3)cc(OCC3CCCCO3)n2)cc1. The smallest absolute Gasteiger partial charge is 0.217 e. The van der Waals surface area contributed by atoms with Crippen molar-refractivity contribution in [3.8, 4) is 23.1 Å². The largest absolute Gasteiger partial charge is 0.497 e. The third-order valence-corrected chi connectivity index (χ3v) is 5.93. The number of hydrogen-bond donors (Lipinski definition) is 0. The van der Waals surface area contributed by atoms with E-state index in [2.05, 4.69) is 24.0 Å². The molecular weight excluding hydrogens is 442 g/mol. The van der Waals surface area contributed by atoms with E-state index in [1.54, 1.807) is 7.11 Å². The van der Waals surface area contributed by atoms with Crippen LogP contribution in [0.15, 0.2) is 60.7 Å². The van der Waals surface area contributed by atoms with Gasteiger partial charge in [-0.1, -0.05) is 37.6 Å². The number of ether oxygens (including phenoxy) is 5. The molecule has 35 heavy (non-hydrogen) atoms. The van der Waals surface area contributed by atoms with Crippen LogP contribution < -0.4 is 18.9 Å². The van der Waals surface area contributed by atoms with Crippen molar-refractivity contribution in [2.45, 2.75) is 58.3 Å². The Balaban J connectivity index is 1.42. The molecule has 186 valence electrons. The minimum Gasteiger partial charge on any atom is -0.497 e. The Hall–Kier alpha value is -3.25. The summed E-state index contributed by atoms with van der Waals surface area (Å²) in [6, 6.07) is 19.8. The van der Waals surface area contributed by atoms with Gasteiger partial charge in [-0.3, -0.25) is 0 Å². The maximum absolute atomic E-state index is 6.09. The highest BCUT2D eigenvalue weighted by molar-refractivity contribution is 5.32. The second kappa shape index (κ2) is 13.0. The number of rotatable bonds is 12. The molecule has 1 fully saturated rings. The van der Waals surface area contributed by atoms with Gasteiger partial charge in [-0.25, -0.2) is 4.98 Å². The predicted octanol–water partition coefficient (Wildman–Crippen LogP) is 6.15. The maximum atomic E-state index is 6.09. The lowest BCUT2D eigenvalue weighted by Gasteiger charge is -2.22. The maximum Gasteiger partial charge on any atom is 0.217 e. The summed E-state index contributed by atoms with van der Waals surface area (Å²) in [7, 11) is 1.66. The zero-order valence-corrected chi connectivity index (χ0v) is 20.7. The van der Waals surface area contributed by atoms with Gasteiger partial charge in [0.1, 0.15) is 37.1 Å². The molecule has 3 aromatic rings. The molecular formula is C29H35NO5. The second-order valence-corrected chi connectivity index (χ2v) is 8.75. The van der Waals surface area contributed by atoms with Gasteiger partial charge >= 0.3 is 0 Å². The standard InChI is InChI=1S/C29H35NO5/c1-3-6-22-8-14-26(15-9-22)34-20-24-17-28(33-19-23-10-12-25(31-2)13-11-23)18-29(30-24)35-21-27-7-4-5-16-32-27/h8-15,17-18,27H,3-7,16,19-21H2,1-2H3. The van der Waals surface area contributed by atoms with E-state index in [4.69, 9.17) is 23.7 Å². The van der Waals surface area contributed by atoms with Crippen LogP contribution in [0.4, 0.5) is 0 Å². The fourth-order valence-corrected chi connectivity index (χ4v) is 3.97. The van der Waals surface area contributed by atoms with Crippen molar-refractivity contribution in [3.05, 3.63) is 77.5 Å². The monoisotopic (exact) mass is 477 g/mol. The third-order valence-electron chi connectivity index (χ3n) is 5.93. The molecule has 1 saturated heterocycles. The molecule has 1 atom stereocenters. The van der Waals surface area contributed by atoms with Gasteiger partial charge in [0.15, 0.2) is 0 Å². The molecule has 1 aliphatic rings. The van der Waals surface area contributed by atoms with Gasteiger partial charge in [0.05, 0.1) is 18.9 Å². The molecule has 0 spiro atoms. The Kier molecular flexibility index (Phi) is 9.24. The Bertz CT molecular complexity index is 1030. The van der Waals surface area contributed by atoms with Crippen LogP contribution in [0.3, 0.4) is 0 Å². The molecule has 0 aliphatic carbocycles. The number of pyridine rings is 1. The summed E-state index contributed by atoms with van der Waals surface area (Å²) >= 11 is 0. The molecule has 1 aromatic heterocycles. The molecule has 2 heterocycles. The van der Waals surface area contributed by atoms with E-state index in [9.17, 15) is 0 Å². The first kappa shape index (κ1) is 24.9. The number of aromatic nitrogens is 1. The third kappa shape index (κ3) is 7.89. The predicted molar refractivity (Wildman–Crippen MR) is 135 cm³/mol. The van der Waals surface area contributed by atoms with Gasteiger partial charge in [-0.2, -0.15) is 0 Å². The summed E-state index contributed by atoms with van der Waals surface area (Å²) in [5.41, 5.74) is 3.10. The molecule has 0 saturated carbocycles. The molecule has 4 rings (SSSR count). The number of hydrogen-bond acceptors (Lipinski definition) is 6. The van der Waals surface area contributed by atoms with Gasteiger partial charge in [0.25, 0.3) is 0 Å². The van der Waals surface area contributed by atoms with Gasteiger partial charge < -0.3 is 23.7 Å². The second-order valence-electron chi connectivity index (χ2n) is 8.75. The van der Waals surface area contributed by atoms with Crippen molar-refractivity contribution in [2.75, 3.05) is 20.3 Å². The topological polar surface area (TPSA) is 59.0 Å². The molecule has 1 aliphatic heterocycles. The normalized spacial score (nSPS) is 15.4. The summed E-state index contributed by atoms with van der Waals surface area (Å²) in [5.74, 6) is 2.84. The van der Waals surface area contributed by atoms with Crippen LogP contribution >= 0.6 is 0 Å². The lowest BCUT2D eigenvalue weighted by Crippen LogP contribution is -2.26. The zero-order chi connectivity index (χ0) is 24.3. The number of benzene rings is 2. The van der Waals surface area contributed by atoms with E-state index in [1.165, 1.54) is 12.0 Å². The van der Waals surface area contributed by atoms with Crippen LogP contribution in [-0.4, -0.2) is 31.4 Å². The number of methoxy groups -OCH3 is 1. The molecule has 6 heteroatoms. The summed E-state index contributed by atoms with van der Waals surface area (Å²) in [4.78, 5) is 4.66. The summed E-state index contributed by atoms with van der Waals surface area (Å²) in [5, 5.41) is 0. The fraction of sp³-hybridized carbons (Fsp3) is 0.414. The first-order chi connectivity index (χ1) is 17.2. The lowest BCUT2D eigenvalue weighted by atomic mass is 10.1. The van der Waals surface area contributed by atoms with Crippen molar-refractivity contribution in [1.29, 1.82) is 0 Å². The Morgan fingerprint density at radius 3 is 2.29 bits per heavy atom. The van der Waals surface area contributed by atoms with Crippen molar-refractivity contribution < 1.29 is 23.7 Å². The molecule has 0 N–H and O–H groups in total. The van der Waals surface area contributed by atoms with Gasteiger partial charge in [0, 0.05) is 18.7 Å².